The summed E-state index contributed by atoms with van der Waals surface area (Å²) < 4.78 is 39.3. The van der Waals surface area contributed by atoms with E-state index in [-0.39, 0.29) is 34.9 Å². The van der Waals surface area contributed by atoms with Gasteiger partial charge in [0.25, 0.3) is 5.56 Å². The molecule has 10 heteroatoms. The van der Waals surface area contributed by atoms with Crippen LogP contribution < -0.4 is 15.0 Å². The van der Waals surface area contributed by atoms with Gasteiger partial charge in [-0.2, -0.15) is 4.31 Å². The van der Waals surface area contributed by atoms with Gasteiger partial charge in [0.05, 0.1) is 24.6 Å². The van der Waals surface area contributed by atoms with Gasteiger partial charge in [0.1, 0.15) is 0 Å². The van der Waals surface area contributed by atoms with E-state index in [0.29, 0.717) is 28.0 Å². The van der Waals surface area contributed by atoms with Gasteiger partial charge in [-0.1, -0.05) is 18.2 Å². The number of aromatic amines is 1. The maximum atomic E-state index is 13.7. The number of nitrogens with one attached hydrogen (secondary N) is 1. The Labute approximate surface area is 208 Å². The number of carbonyl (C=O) groups is 1. The molecular formula is C26H25N3O6S. The molecule has 186 valence electrons. The SMILES string of the molecule is COc1cc2cc(CN(Cc3cccnc3)S(=O)(=O)c3cccc(C(C)=O)c3)c(=O)[nH]c2cc1OC. The summed E-state index contributed by atoms with van der Waals surface area (Å²) in [5.41, 5.74) is 1.26. The number of nitrogens with zero attached hydrogens (tertiary/aromatic N) is 2. The van der Waals surface area contributed by atoms with Crippen molar-refractivity contribution in [3.8, 4) is 11.5 Å². The van der Waals surface area contributed by atoms with Gasteiger partial charge in [-0.25, -0.2) is 8.42 Å². The number of aromatic nitrogens is 2. The van der Waals surface area contributed by atoms with Crippen LogP contribution in [0, 0.1) is 0 Å². The van der Waals surface area contributed by atoms with E-state index in [1.165, 1.54) is 43.6 Å². The van der Waals surface area contributed by atoms with Crippen LogP contribution in [-0.4, -0.2) is 42.7 Å². The highest BCUT2D eigenvalue weighted by atomic mass is 32.2. The third-order valence-electron chi connectivity index (χ3n) is 5.73. The second-order valence-corrected chi connectivity index (χ2v) is 10.1. The topological polar surface area (TPSA) is 119 Å². The average molecular weight is 508 g/mol. The molecule has 0 saturated heterocycles. The fourth-order valence-electron chi connectivity index (χ4n) is 3.83. The Balaban J connectivity index is 1.80. The van der Waals surface area contributed by atoms with Crippen molar-refractivity contribution in [2.75, 3.05) is 14.2 Å². The van der Waals surface area contributed by atoms with Gasteiger partial charge in [0, 0.05) is 48.1 Å². The van der Waals surface area contributed by atoms with E-state index in [0.717, 1.165) is 0 Å². The molecule has 2 aromatic carbocycles. The Morgan fingerprint density at radius 3 is 2.42 bits per heavy atom. The van der Waals surface area contributed by atoms with E-state index in [1.54, 1.807) is 48.8 Å². The molecule has 2 aromatic heterocycles. The molecule has 0 unspecified atom stereocenters. The second-order valence-electron chi connectivity index (χ2n) is 8.14. The Bertz CT molecular complexity index is 1580. The average Bonchev–Trinajstić information content (AvgIpc) is 2.88. The highest BCUT2D eigenvalue weighted by Crippen LogP contribution is 2.31. The molecule has 0 fully saturated rings. The summed E-state index contributed by atoms with van der Waals surface area (Å²) in [5, 5.41) is 0.652. The van der Waals surface area contributed by atoms with Gasteiger partial charge < -0.3 is 14.5 Å². The van der Waals surface area contributed by atoms with Crippen LogP contribution in [0.15, 0.2) is 76.7 Å². The summed E-state index contributed by atoms with van der Waals surface area (Å²) in [7, 11) is -1.09. The van der Waals surface area contributed by atoms with Crippen LogP contribution in [-0.2, 0) is 23.1 Å². The fourth-order valence-corrected chi connectivity index (χ4v) is 5.28. The molecule has 2 heterocycles. The largest absolute Gasteiger partial charge is 0.493 e. The summed E-state index contributed by atoms with van der Waals surface area (Å²) in [4.78, 5) is 31.7. The molecular weight excluding hydrogens is 482 g/mol. The number of pyridine rings is 2. The third-order valence-corrected chi connectivity index (χ3v) is 7.52. The number of sulfonamides is 1. The first kappa shape index (κ1) is 25.1. The van der Waals surface area contributed by atoms with Crippen molar-refractivity contribution in [1.82, 2.24) is 14.3 Å². The molecule has 0 aliphatic rings. The van der Waals surface area contributed by atoms with Gasteiger partial charge in [0.2, 0.25) is 10.0 Å². The van der Waals surface area contributed by atoms with Gasteiger partial charge in [-0.05, 0) is 42.8 Å². The number of methoxy groups -OCH3 is 2. The number of ketones is 1. The molecule has 0 aliphatic carbocycles. The smallest absolute Gasteiger partial charge is 0.252 e. The number of H-pyrrole nitrogens is 1. The molecule has 4 aromatic rings. The summed E-state index contributed by atoms with van der Waals surface area (Å²) in [6.07, 6.45) is 3.16. The number of rotatable bonds is 9. The maximum absolute atomic E-state index is 13.7. The lowest BCUT2D eigenvalue weighted by Crippen LogP contribution is -2.32. The number of ether oxygens (including phenoxy) is 2. The Morgan fingerprint density at radius 1 is 1.00 bits per heavy atom. The van der Waals surface area contributed by atoms with Crippen molar-refractivity contribution < 1.29 is 22.7 Å². The molecule has 4 rings (SSSR count). The summed E-state index contributed by atoms with van der Waals surface area (Å²) >= 11 is 0. The van der Waals surface area contributed by atoms with E-state index in [4.69, 9.17) is 9.47 Å². The Morgan fingerprint density at radius 2 is 1.75 bits per heavy atom. The molecule has 0 radical (unpaired) electrons. The number of Topliss-reactive ketones (excluding diaryl/α,β-unsaturated/α-hetero) is 1. The second kappa shape index (κ2) is 10.3. The molecule has 1 N–H and O–H groups in total. The van der Waals surface area contributed by atoms with Crippen molar-refractivity contribution in [2.24, 2.45) is 0 Å². The van der Waals surface area contributed by atoms with Crippen molar-refractivity contribution in [3.63, 3.8) is 0 Å². The lowest BCUT2D eigenvalue weighted by Gasteiger charge is -2.22. The van der Waals surface area contributed by atoms with E-state index < -0.39 is 15.6 Å². The van der Waals surface area contributed by atoms with Crippen molar-refractivity contribution in [3.05, 3.63) is 94.0 Å². The van der Waals surface area contributed by atoms with Crippen LogP contribution in [0.5, 0.6) is 11.5 Å². The molecule has 0 spiro atoms. The molecule has 0 aliphatic heterocycles. The van der Waals surface area contributed by atoms with Crippen LogP contribution in [0.2, 0.25) is 0 Å². The first-order valence-corrected chi connectivity index (χ1v) is 12.4. The minimum Gasteiger partial charge on any atom is -0.493 e. The zero-order chi connectivity index (χ0) is 25.9. The lowest BCUT2D eigenvalue weighted by atomic mass is 10.1. The van der Waals surface area contributed by atoms with Gasteiger partial charge >= 0.3 is 0 Å². The molecule has 0 bridgehead atoms. The number of carbonyl (C=O) groups excluding carboxylic acids is 1. The monoisotopic (exact) mass is 507 g/mol. The first-order chi connectivity index (χ1) is 17.2. The van der Waals surface area contributed by atoms with Gasteiger partial charge in [0.15, 0.2) is 17.3 Å². The fraction of sp³-hybridized carbons (Fsp3) is 0.192. The van der Waals surface area contributed by atoms with Crippen LogP contribution in [0.25, 0.3) is 10.9 Å². The van der Waals surface area contributed by atoms with E-state index in [2.05, 4.69) is 9.97 Å². The lowest BCUT2D eigenvalue weighted by molar-refractivity contribution is 0.101. The predicted molar refractivity (Wildman–Crippen MR) is 135 cm³/mol. The van der Waals surface area contributed by atoms with E-state index in [9.17, 15) is 18.0 Å². The summed E-state index contributed by atoms with van der Waals surface area (Å²) in [6.45, 7) is 1.14. The molecule has 0 saturated carbocycles. The minimum absolute atomic E-state index is 0.0239. The van der Waals surface area contributed by atoms with Crippen LogP contribution in [0.4, 0.5) is 0 Å². The van der Waals surface area contributed by atoms with E-state index in [1.807, 2.05) is 0 Å². The quantitative estimate of drug-likeness (QED) is 0.344. The molecule has 0 atom stereocenters. The zero-order valence-corrected chi connectivity index (χ0v) is 20.8. The molecule has 0 amide bonds. The van der Waals surface area contributed by atoms with Crippen LogP contribution in [0.1, 0.15) is 28.4 Å². The molecule has 36 heavy (non-hydrogen) atoms. The number of hydrogen-bond acceptors (Lipinski definition) is 7. The minimum atomic E-state index is -4.09. The maximum Gasteiger partial charge on any atom is 0.252 e. The highest BCUT2D eigenvalue weighted by Gasteiger charge is 2.27. The number of hydrogen-bond donors (Lipinski definition) is 1. The zero-order valence-electron chi connectivity index (χ0n) is 20.0. The standard InChI is InChI=1S/C26H25N3O6S/c1-17(30)19-7-4-8-22(11-19)36(32,33)29(15-18-6-5-9-27-14-18)16-21-10-20-12-24(34-2)25(35-3)13-23(20)28-26(21)31/h4-14H,15-16H2,1-3H3,(H,28,31). The van der Waals surface area contributed by atoms with Gasteiger partial charge in [-0.3, -0.25) is 14.6 Å². The van der Waals surface area contributed by atoms with Crippen molar-refractivity contribution in [2.45, 2.75) is 24.9 Å². The normalized spacial score (nSPS) is 11.6. The number of benzene rings is 2. The van der Waals surface area contributed by atoms with Crippen molar-refractivity contribution >= 4 is 26.7 Å². The van der Waals surface area contributed by atoms with Crippen molar-refractivity contribution in [1.29, 1.82) is 0 Å². The third kappa shape index (κ3) is 5.14. The first-order valence-electron chi connectivity index (χ1n) is 11.0. The molecule has 9 nitrogen and oxygen atoms in total. The van der Waals surface area contributed by atoms with Gasteiger partial charge in [-0.15, -0.1) is 0 Å². The van der Waals surface area contributed by atoms with E-state index >= 15 is 0 Å². The predicted octanol–water partition coefficient (Wildman–Crippen LogP) is 3.53. The summed E-state index contributed by atoms with van der Waals surface area (Å²) in [6, 6.07) is 14.3. The summed E-state index contributed by atoms with van der Waals surface area (Å²) in [5.74, 6) is 0.685. The highest BCUT2D eigenvalue weighted by molar-refractivity contribution is 7.89. The Hall–Kier alpha value is -4.02. The number of fused-ring (bicyclic) bond motifs is 1. The van der Waals surface area contributed by atoms with Crippen LogP contribution in [0.3, 0.4) is 0 Å². The van der Waals surface area contributed by atoms with Crippen LogP contribution >= 0.6 is 0 Å². The Kier molecular flexibility index (Phi) is 7.18.